The van der Waals surface area contributed by atoms with Crippen LogP contribution in [0.5, 0.6) is 11.5 Å². The number of ether oxygens (including phenoxy) is 2. The first-order valence-electron chi connectivity index (χ1n) is 8.91. The van der Waals surface area contributed by atoms with E-state index in [2.05, 4.69) is 17.5 Å². The maximum Gasteiger partial charge on any atom is 0.277 e. The van der Waals surface area contributed by atoms with Crippen molar-refractivity contribution in [1.29, 1.82) is 0 Å². The van der Waals surface area contributed by atoms with E-state index in [-0.39, 0.29) is 12.5 Å². The van der Waals surface area contributed by atoms with Gasteiger partial charge in [-0.25, -0.2) is 5.43 Å². The third-order valence-electron chi connectivity index (χ3n) is 3.86. The third kappa shape index (κ3) is 5.31. The maximum atomic E-state index is 11.9. The van der Waals surface area contributed by atoms with E-state index in [0.717, 1.165) is 28.5 Å². The average Bonchev–Trinajstić information content (AvgIpc) is 2.71. The van der Waals surface area contributed by atoms with E-state index in [1.54, 1.807) is 6.21 Å². The highest BCUT2D eigenvalue weighted by Crippen LogP contribution is 2.24. The average molecular weight is 362 g/mol. The fourth-order valence-electron chi connectivity index (χ4n) is 2.55. The summed E-state index contributed by atoms with van der Waals surface area (Å²) in [7, 11) is 0. The molecule has 0 heterocycles. The molecule has 0 atom stereocenters. The fraction of sp³-hybridized carbons (Fsp3) is 0.182. The molecule has 138 valence electrons. The molecule has 0 aliphatic rings. The largest absolute Gasteiger partial charge is 0.494 e. The molecule has 3 rings (SSSR count). The van der Waals surface area contributed by atoms with Crippen molar-refractivity contribution in [2.75, 3.05) is 13.2 Å². The molecule has 5 nitrogen and oxygen atoms in total. The molecule has 1 amide bonds. The lowest BCUT2D eigenvalue weighted by molar-refractivity contribution is -0.123. The quantitative estimate of drug-likeness (QED) is 0.483. The number of carbonyl (C=O) groups is 1. The molecule has 0 fully saturated rings. The van der Waals surface area contributed by atoms with Crippen LogP contribution >= 0.6 is 0 Å². The van der Waals surface area contributed by atoms with Crippen LogP contribution < -0.4 is 14.9 Å². The molecule has 0 aromatic heterocycles. The summed E-state index contributed by atoms with van der Waals surface area (Å²) in [6, 6.07) is 21.2. The number of nitrogens with one attached hydrogen (secondary N) is 1. The topological polar surface area (TPSA) is 59.9 Å². The summed E-state index contributed by atoms with van der Waals surface area (Å²) in [6.07, 6.45) is 2.55. The first kappa shape index (κ1) is 18.5. The second kappa shape index (κ2) is 9.38. The van der Waals surface area contributed by atoms with Crippen LogP contribution in [0, 0.1) is 0 Å². The number of fused-ring (bicyclic) bond motifs is 1. The van der Waals surface area contributed by atoms with Crippen molar-refractivity contribution in [2.24, 2.45) is 5.10 Å². The van der Waals surface area contributed by atoms with Crippen molar-refractivity contribution in [2.45, 2.75) is 13.3 Å². The number of hydrogen-bond acceptors (Lipinski definition) is 4. The summed E-state index contributed by atoms with van der Waals surface area (Å²) in [5, 5.41) is 6.01. The molecule has 3 aromatic rings. The number of carbonyl (C=O) groups excluding carboxylic acids is 1. The van der Waals surface area contributed by atoms with E-state index < -0.39 is 0 Å². The molecule has 0 aliphatic carbocycles. The van der Waals surface area contributed by atoms with Gasteiger partial charge in [0.15, 0.2) is 6.61 Å². The van der Waals surface area contributed by atoms with Gasteiger partial charge in [0.1, 0.15) is 11.5 Å². The minimum atomic E-state index is -0.318. The molecule has 0 bridgehead atoms. The van der Waals surface area contributed by atoms with Gasteiger partial charge >= 0.3 is 0 Å². The molecule has 1 N–H and O–H groups in total. The molecule has 0 spiro atoms. The van der Waals surface area contributed by atoms with Crippen LogP contribution in [-0.4, -0.2) is 25.3 Å². The fourth-order valence-corrected chi connectivity index (χ4v) is 2.55. The lowest BCUT2D eigenvalue weighted by Crippen LogP contribution is -2.24. The van der Waals surface area contributed by atoms with Crippen LogP contribution in [0.15, 0.2) is 71.8 Å². The van der Waals surface area contributed by atoms with E-state index in [4.69, 9.17) is 9.47 Å². The molecule has 0 saturated carbocycles. The van der Waals surface area contributed by atoms with Crippen molar-refractivity contribution in [1.82, 2.24) is 5.43 Å². The zero-order chi connectivity index (χ0) is 18.9. The number of benzene rings is 3. The molecule has 0 unspecified atom stereocenters. The smallest absolute Gasteiger partial charge is 0.277 e. The predicted octanol–water partition coefficient (Wildman–Crippen LogP) is 4.16. The van der Waals surface area contributed by atoms with Gasteiger partial charge in [-0.05, 0) is 47.7 Å². The lowest BCUT2D eigenvalue weighted by Gasteiger charge is -2.08. The van der Waals surface area contributed by atoms with Crippen LogP contribution in [0.1, 0.15) is 18.9 Å². The van der Waals surface area contributed by atoms with Gasteiger partial charge in [0.25, 0.3) is 5.91 Å². The van der Waals surface area contributed by atoms with E-state index in [9.17, 15) is 4.79 Å². The highest BCUT2D eigenvalue weighted by Gasteiger charge is 2.04. The number of hydrazone groups is 1. The third-order valence-corrected chi connectivity index (χ3v) is 3.86. The van der Waals surface area contributed by atoms with Crippen molar-refractivity contribution in [3.8, 4) is 11.5 Å². The summed E-state index contributed by atoms with van der Waals surface area (Å²) >= 11 is 0. The Hall–Kier alpha value is -3.34. The summed E-state index contributed by atoms with van der Waals surface area (Å²) in [6.45, 7) is 2.66. The Morgan fingerprint density at radius 2 is 1.78 bits per heavy atom. The zero-order valence-corrected chi connectivity index (χ0v) is 15.2. The van der Waals surface area contributed by atoms with Gasteiger partial charge in [-0.1, -0.05) is 43.3 Å². The van der Waals surface area contributed by atoms with E-state index in [1.807, 2.05) is 66.7 Å². The van der Waals surface area contributed by atoms with Crippen LogP contribution in [0.2, 0.25) is 0 Å². The van der Waals surface area contributed by atoms with Gasteiger partial charge in [0, 0.05) is 5.39 Å². The SMILES string of the molecule is CCCOc1ccc(/C=N/NC(=O)COc2cccc3ccccc23)cc1. The van der Waals surface area contributed by atoms with Gasteiger partial charge in [-0.15, -0.1) is 0 Å². The van der Waals surface area contributed by atoms with E-state index >= 15 is 0 Å². The molecule has 5 heteroatoms. The monoisotopic (exact) mass is 362 g/mol. The maximum absolute atomic E-state index is 11.9. The Morgan fingerprint density at radius 1 is 1.00 bits per heavy atom. The van der Waals surface area contributed by atoms with Crippen LogP contribution in [0.25, 0.3) is 10.8 Å². The number of rotatable bonds is 8. The van der Waals surface area contributed by atoms with Crippen LogP contribution in [0.3, 0.4) is 0 Å². The number of nitrogens with zero attached hydrogens (tertiary/aromatic N) is 1. The van der Waals surface area contributed by atoms with Gasteiger partial charge in [0.05, 0.1) is 12.8 Å². The molecular formula is C22H22N2O3. The minimum Gasteiger partial charge on any atom is -0.494 e. The van der Waals surface area contributed by atoms with Crippen molar-refractivity contribution >= 4 is 22.9 Å². The van der Waals surface area contributed by atoms with Crippen molar-refractivity contribution in [3.05, 3.63) is 72.3 Å². The normalized spacial score (nSPS) is 10.9. The van der Waals surface area contributed by atoms with Crippen LogP contribution in [0.4, 0.5) is 0 Å². The first-order valence-corrected chi connectivity index (χ1v) is 8.91. The molecule has 0 aliphatic heterocycles. The van der Waals surface area contributed by atoms with Gasteiger partial charge < -0.3 is 9.47 Å². The Morgan fingerprint density at radius 3 is 2.59 bits per heavy atom. The highest BCUT2D eigenvalue weighted by molar-refractivity contribution is 5.89. The molecule has 0 radical (unpaired) electrons. The highest BCUT2D eigenvalue weighted by atomic mass is 16.5. The Labute approximate surface area is 158 Å². The predicted molar refractivity (Wildman–Crippen MR) is 107 cm³/mol. The second-order valence-electron chi connectivity index (χ2n) is 5.98. The van der Waals surface area contributed by atoms with Crippen molar-refractivity contribution in [3.63, 3.8) is 0 Å². The molecule has 27 heavy (non-hydrogen) atoms. The second-order valence-corrected chi connectivity index (χ2v) is 5.98. The zero-order valence-electron chi connectivity index (χ0n) is 15.2. The Balaban J connectivity index is 1.50. The number of amides is 1. The van der Waals surface area contributed by atoms with E-state index in [1.165, 1.54) is 0 Å². The van der Waals surface area contributed by atoms with Gasteiger partial charge in [0.2, 0.25) is 0 Å². The molecule has 3 aromatic carbocycles. The van der Waals surface area contributed by atoms with Gasteiger partial charge in [-0.3, -0.25) is 4.79 Å². The summed E-state index contributed by atoms with van der Waals surface area (Å²) < 4.78 is 11.2. The number of hydrogen-bond donors (Lipinski definition) is 1. The lowest BCUT2D eigenvalue weighted by atomic mass is 10.1. The Bertz CT molecular complexity index is 915. The first-order chi connectivity index (χ1) is 13.3. The summed E-state index contributed by atoms with van der Waals surface area (Å²) in [5.74, 6) is 1.18. The minimum absolute atomic E-state index is 0.102. The summed E-state index contributed by atoms with van der Waals surface area (Å²) in [5.41, 5.74) is 3.34. The summed E-state index contributed by atoms with van der Waals surface area (Å²) in [4.78, 5) is 11.9. The molecular weight excluding hydrogens is 340 g/mol. The Kier molecular flexibility index (Phi) is 6.41. The van der Waals surface area contributed by atoms with E-state index in [0.29, 0.717) is 12.4 Å². The van der Waals surface area contributed by atoms with Gasteiger partial charge in [-0.2, -0.15) is 5.10 Å². The molecule has 0 saturated heterocycles. The van der Waals surface area contributed by atoms with Crippen molar-refractivity contribution < 1.29 is 14.3 Å². The van der Waals surface area contributed by atoms with Crippen LogP contribution in [-0.2, 0) is 4.79 Å². The standard InChI is InChI=1S/C22H22N2O3/c1-2-14-26-19-12-10-17(11-13-19)15-23-24-22(25)16-27-21-9-5-7-18-6-3-4-8-20(18)21/h3-13,15H,2,14,16H2,1H3,(H,24,25)/b23-15+.